The lowest BCUT2D eigenvalue weighted by Crippen LogP contribution is -2.43. The molecule has 1 aromatic carbocycles. The van der Waals surface area contributed by atoms with Gasteiger partial charge in [0.25, 0.3) is 5.91 Å². The minimum Gasteiger partial charge on any atom is -0.481 e. The van der Waals surface area contributed by atoms with Gasteiger partial charge in [0.2, 0.25) is 0 Å². The average Bonchev–Trinajstić information content (AvgIpc) is 2.45. The number of likely N-dealkylation sites (tertiary alicyclic amines) is 1. The third-order valence-corrected chi connectivity index (χ3v) is 4.02. The van der Waals surface area contributed by atoms with Crippen LogP contribution >= 0.6 is 0 Å². The minimum atomic E-state index is -0.809. The maximum Gasteiger partial charge on any atom is 0.308 e. The summed E-state index contributed by atoms with van der Waals surface area (Å²) >= 11 is 0. The van der Waals surface area contributed by atoms with E-state index in [0.29, 0.717) is 25.1 Å². The van der Waals surface area contributed by atoms with Gasteiger partial charge < -0.3 is 10.0 Å². The standard InChI is InChI=1S/C17H23NO3/c1-17(2,3)14-9-5-4-8-13(14)15(19)18-10-6-7-12(11-18)16(20)21/h4-5,8-9,12H,6-7,10-11H2,1-3H3,(H,20,21)/t12-/m1/s1. The third-order valence-electron chi connectivity index (χ3n) is 4.02. The van der Waals surface area contributed by atoms with E-state index >= 15 is 0 Å². The Morgan fingerprint density at radius 1 is 1.24 bits per heavy atom. The number of piperidine rings is 1. The molecule has 1 fully saturated rings. The van der Waals surface area contributed by atoms with E-state index in [2.05, 4.69) is 20.8 Å². The molecule has 0 spiro atoms. The number of hydrogen-bond acceptors (Lipinski definition) is 2. The molecule has 21 heavy (non-hydrogen) atoms. The Hall–Kier alpha value is -1.84. The molecule has 1 aliphatic heterocycles. The number of carboxylic acid groups (broad SMARTS) is 1. The lowest BCUT2D eigenvalue weighted by Gasteiger charge is -2.32. The Kier molecular flexibility index (Phi) is 4.35. The Labute approximate surface area is 125 Å². The number of hydrogen-bond donors (Lipinski definition) is 1. The van der Waals surface area contributed by atoms with Gasteiger partial charge in [0.15, 0.2) is 0 Å². The van der Waals surface area contributed by atoms with Crippen molar-refractivity contribution in [1.82, 2.24) is 4.90 Å². The summed E-state index contributed by atoms with van der Waals surface area (Å²) in [4.78, 5) is 25.6. The third kappa shape index (κ3) is 3.43. The molecule has 1 aliphatic rings. The molecule has 4 heteroatoms. The summed E-state index contributed by atoms with van der Waals surface area (Å²) in [7, 11) is 0. The summed E-state index contributed by atoms with van der Waals surface area (Å²) in [5, 5.41) is 9.15. The van der Waals surface area contributed by atoms with Crippen molar-refractivity contribution >= 4 is 11.9 Å². The van der Waals surface area contributed by atoms with Gasteiger partial charge in [-0.05, 0) is 29.9 Å². The zero-order chi connectivity index (χ0) is 15.6. The number of carbonyl (C=O) groups excluding carboxylic acids is 1. The van der Waals surface area contributed by atoms with Gasteiger partial charge in [0.05, 0.1) is 5.92 Å². The fraction of sp³-hybridized carbons (Fsp3) is 0.529. The second-order valence-electron chi connectivity index (χ2n) is 6.72. The van der Waals surface area contributed by atoms with Crippen molar-refractivity contribution in [1.29, 1.82) is 0 Å². The molecular formula is C17H23NO3. The molecule has 0 aromatic heterocycles. The molecule has 114 valence electrons. The fourth-order valence-corrected chi connectivity index (χ4v) is 2.86. The van der Waals surface area contributed by atoms with Crippen molar-refractivity contribution < 1.29 is 14.7 Å². The monoisotopic (exact) mass is 289 g/mol. The number of aliphatic carboxylic acids is 1. The average molecular weight is 289 g/mol. The van der Waals surface area contributed by atoms with Crippen LogP contribution in [0.25, 0.3) is 0 Å². The summed E-state index contributed by atoms with van der Waals surface area (Å²) in [6.45, 7) is 7.19. The van der Waals surface area contributed by atoms with Crippen molar-refractivity contribution in [2.45, 2.75) is 39.0 Å². The molecule has 2 rings (SSSR count). The van der Waals surface area contributed by atoms with Gasteiger partial charge in [-0.25, -0.2) is 0 Å². The SMILES string of the molecule is CC(C)(C)c1ccccc1C(=O)N1CCC[C@@H](C(=O)O)C1. The van der Waals surface area contributed by atoms with Gasteiger partial charge >= 0.3 is 5.97 Å². The molecule has 0 radical (unpaired) electrons. The molecule has 0 aliphatic carbocycles. The number of benzene rings is 1. The van der Waals surface area contributed by atoms with Crippen LogP contribution in [0.1, 0.15) is 49.5 Å². The number of carbonyl (C=O) groups is 2. The quantitative estimate of drug-likeness (QED) is 0.910. The zero-order valence-corrected chi connectivity index (χ0v) is 12.9. The van der Waals surface area contributed by atoms with E-state index in [4.69, 9.17) is 5.11 Å². The van der Waals surface area contributed by atoms with Crippen LogP contribution in [-0.2, 0) is 10.2 Å². The lowest BCUT2D eigenvalue weighted by molar-refractivity contribution is -0.143. The van der Waals surface area contributed by atoms with Gasteiger partial charge in [-0.15, -0.1) is 0 Å². The smallest absolute Gasteiger partial charge is 0.308 e. The Bertz CT molecular complexity index is 545. The van der Waals surface area contributed by atoms with Crippen LogP contribution < -0.4 is 0 Å². The molecule has 0 unspecified atom stereocenters. The first-order valence-corrected chi connectivity index (χ1v) is 7.42. The van der Waals surface area contributed by atoms with Gasteiger partial charge in [-0.2, -0.15) is 0 Å². The van der Waals surface area contributed by atoms with Crippen LogP contribution in [0, 0.1) is 5.92 Å². The first-order chi connectivity index (χ1) is 9.80. The van der Waals surface area contributed by atoms with Crippen molar-refractivity contribution in [3.8, 4) is 0 Å². The molecule has 0 saturated carbocycles. The predicted molar refractivity (Wildman–Crippen MR) is 81.4 cm³/mol. The Balaban J connectivity index is 2.26. The summed E-state index contributed by atoms with van der Waals surface area (Å²) in [5.74, 6) is -1.30. The molecule has 1 aromatic rings. The number of carboxylic acids is 1. The van der Waals surface area contributed by atoms with Crippen LogP contribution in [0.4, 0.5) is 0 Å². The van der Waals surface area contributed by atoms with E-state index in [1.54, 1.807) is 4.90 Å². The molecular weight excluding hydrogens is 266 g/mol. The van der Waals surface area contributed by atoms with Gasteiger partial charge in [-0.1, -0.05) is 39.0 Å². The Morgan fingerprint density at radius 2 is 1.90 bits per heavy atom. The van der Waals surface area contributed by atoms with E-state index in [9.17, 15) is 9.59 Å². The summed E-state index contributed by atoms with van der Waals surface area (Å²) in [6.07, 6.45) is 1.40. The summed E-state index contributed by atoms with van der Waals surface area (Å²) in [6, 6.07) is 7.62. The van der Waals surface area contributed by atoms with Crippen LogP contribution in [0.2, 0.25) is 0 Å². The molecule has 4 nitrogen and oxygen atoms in total. The summed E-state index contributed by atoms with van der Waals surface area (Å²) < 4.78 is 0. The van der Waals surface area contributed by atoms with E-state index in [1.165, 1.54) is 0 Å². The molecule has 1 amide bonds. The highest BCUT2D eigenvalue weighted by Gasteiger charge is 2.30. The van der Waals surface area contributed by atoms with E-state index in [-0.39, 0.29) is 11.3 Å². The lowest BCUT2D eigenvalue weighted by atomic mass is 9.83. The van der Waals surface area contributed by atoms with E-state index in [0.717, 1.165) is 12.0 Å². The molecule has 1 atom stereocenters. The normalized spacial score (nSPS) is 19.4. The van der Waals surface area contributed by atoms with Crippen LogP contribution in [0.15, 0.2) is 24.3 Å². The number of amides is 1. The van der Waals surface area contributed by atoms with E-state index in [1.807, 2.05) is 24.3 Å². The molecule has 0 bridgehead atoms. The van der Waals surface area contributed by atoms with Crippen LogP contribution in [0.3, 0.4) is 0 Å². The molecule has 1 saturated heterocycles. The Morgan fingerprint density at radius 3 is 2.52 bits per heavy atom. The van der Waals surface area contributed by atoms with Crippen molar-refractivity contribution in [3.63, 3.8) is 0 Å². The predicted octanol–water partition coefficient (Wildman–Crippen LogP) is 2.92. The first-order valence-electron chi connectivity index (χ1n) is 7.42. The van der Waals surface area contributed by atoms with Gasteiger partial charge in [0, 0.05) is 18.7 Å². The molecule has 1 N–H and O–H groups in total. The number of nitrogens with zero attached hydrogens (tertiary/aromatic N) is 1. The van der Waals surface area contributed by atoms with Crippen LogP contribution in [-0.4, -0.2) is 35.0 Å². The van der Waals surface area contributed by atoms with Crippen molar-refractivity contribution in [2.24, 2.45) is 5.92 Å². The summed E-state index contributed by atoms with van der Waals surface area (Å²) in [5.41, 5.74) is 1.58. The van der Waals surface area contributed by atoms with E-state index < -0.39 is 11.9 Å². The maximum absolute atomic E-state index is 12.8. The zero-order valence-electron chi connectivity index (χ0n) is 12.9. The largest absolute Gasteiger partial charge is 0.481 e. The fourth-order valence-electron chi connectivity index (χ4n) is 2.86. The van der Waals surface area contributed by atoms with Gasteiger partial charge in [-0.3, -0.25) is 9.59 Å². The van der Waals surface area contributed by atoms with Gasteiger partial charge in [0.1, 0.15) is 0 Å². The highest BCUT2D eigenvalue weighted by Crippen LogP contribution is 2.28. The minimum absolute atomic E-state index is 0.0496. The van der Waals surface area contributed by atoms with Crippen molar-refractivity contribution in [2.75, 3.05) is 13.1 Å². The number of rotatable bonds is 2. The topological polar surface area (TPSA) is 57.6 Å². The maximum atomic E-state index is 12.8. The highest BCUT2D eigenvalue weighted by molar-refractivity contribution is 5.96. The highest BCUT2D eigenvalue weighted by atomic mass is 16.4. The first kappa shape index (κ1) is 15.5. The second kappa shape index (κ2) is 5.88. The van der Waals surface area contributed by atoms with Crippen molar-refractivity contribution in [3.05, 3.63) is 35.4 Å². The molecule has 1 heterocycles. The second-order valence-corrected chi connectivity index (χ2v) is 6.72. The van der Waals surface area contributed by atoms with Crippen LogP contribution in [0.5, 0.6) is 0 Å².